The fourth-order valence-corrected chi connectivity index (χ4v) is 8.84. The van der Waals surface area contributed by atoms with Crippen LogP contribution >= 0.6 is 0 Å². The zero-order chi connectivity index (χ0) is 30.0. The molecule has 12 heteroatoms. The van der Waals surface area contributed by atoms with Gasteiger partial charge in [-0.05, 0) is 73.8 Å². The molecule has 0 radical (unpaired) electrons. The van der Waals surface area contributed by atoms with Crippen LogP contribution in [0.1, 0.15) is 57.9 Å². The number of carboxylic acid groups (broad SMARTS) is 1. The number of hydrogen-bond acceptors (Lipinski definition) is 10. The Kier molecular flexibility index (Phi) is 7.57. The molecule has 1 spiro atoms. The Bertz CT molecular complexity index is 1180. The molecule has 4 aliphatic carbocycles. The third-order valence-corrected chi connectivity index (χ3v) is 10.4. The zero-order valence-corrected chi connectivity index (χ0v) is 24.1. The number of benzene rings is 1. The molecule has 5 unspecified atom stereocenters. The molecule has 42 heavy (non-hydrogen) atoms. The predicted molar refractivity (Wildman–Crippen MR) is 143 cm³/mol. The van der Waals surface area contributed by atoms with Crippen molar-refractivity contribution in [2.24, 2.45) is 29.6 Å². The van der Waals surface area contributed by atoms with Gasteiger partial charge >= 0.3 is 11.8 Å². The molecule has 0 aromatic heterocycles. The van der Waals surface area contributed by atoms with Gasteiger partial charge in [0, 0.05) is 26.0 Å². The first kappa shape index (κ1) is 29.7. The molecule has 6 fully saturated rings. The summed E-state index contributed by atoms with van der Waals surface area (Å²) in [5, 5.41) is 43.5. The van der Waals surface area contributed by atoms with Crippen LogP contribution in [-0.2, 0) is 34.6 Å². The third-order valence-electron chi connectivity index (χ3n) is 10.4. The van der Waals surface area contributed by atoms with Crippen molar-refractivity contribution in [3.05, 3.63) is 29.8 Å². The van der Waals surface area contributed by atoms with Gasteiger partial charge in [0.2, 0.25) is 5.91 Å². The number of carboxylic acids is 1. The van der Waals surface area contributed by atoms with Gasteiger partial charge in [0.25, 0.3) is 5.79 Å². The highest BCUT2D eigenvalue weighted by molar-refractivity contribution is 5.77. The number of ether oxygens (including phenoxy) is 3. The Balaban J connectivity index is 1.32. The van der Waals surface area contributed by atoms with Crippen molar-refractivity contribution < 1.29 is 54.0 Å². The monoisotopic (exact) mass is 591 g/mol. The average molecular weight is 592 g/mol. The van der Waals surface area contributed by atoms with Crippen LogP contribution in [0.4, 0.5) is 0 Å². The Morgan fingerprint density at radius 2 is 1.76 bits per heavy atom. The van der Waals surface area contributed by atoms with Crippen LogP contribution in [0.2, 0.25) is 0 Å². The molecule has 232 valence electrons. The molecular formula is C30H41NO11. The van der Waals surface area contributed by atoms with E-state index in [4.69, 9.17) is 24.0 Å². The molecule has 2 heterocycles. The summed E-state index contributed by atoms with van der Waals surface area (Å²) in [7, 11) is 1.59. The first-order valence-corrected chi connectivity index (χ1v) is 14.9. The van der Waals surface area contributed by atoms with E-state index in [9.17, 15) is 30.0 Å². The van der Waals surface area contributed by atoms with Gasteiger partial charge in [0.15, 0.2) is 5.60 Å². The van der Waals surface area contributed by atoms with Crippen LogP contribution in [0.15, 0.2) is 24.3 Å². The van der Waals surface area contributed by atoms with Crippen LogP contribution < -0.4 is 10.1 Å². The number of carbonyl (C=O) groups is 2. The van der Waals surface area contributed by atoms with Crippen LogP contribution in [0.3, 0.4) is 0 Å². The van der Waals surface area contributed by atoms with Crippen molar-refractivity contribution in [2.45, 2.75) is 93.9 Å². The van der Waals surface area contributed by atoms with E-state index < -0.39 is 65.9 Å². The van der Waals surface area contributed by atoms with Crippen molar-refractivity contribution in [1.82, 2.24) is 5.32 Å². The molecule has 1 aromatic rings. The second-order valence-electron chi connectivity index (χ2n) is 13.0. The lowest BCUT2D eigenvalue weighted by molar-refractivity contribution is -0.645. The fraction of sp³-hybridized carbons (Fsp3) is 0.733. The minimum Gasteiger partial charge on any atom is -0.476 e. The predicted octanol–water partition coefficient (Wildman–Crippen LogP) is 1.45. The number of aliphatic hydroxyl groups is 3. The molecule has 2 saturated heterocycles. The Morgan fingerprint density at radius 3 is 2.29 bits per heavy atom. The van der Waals surface area contributed by atoms with Crippen LogP contribution in [0, 0.1) is 29.6 Å². The lowest BCUT2D eigenvalue weighted by atomic mass is 9.47. The second-order valence-corrected chi connectivity index (χ2v) is 13.0. The summed E-state index contributed by atoms with van der Waals surface area (Å²) in [5.74, 6) is -3.76. The summed E-state index contributed by atoms with van der Waals surface area (Å²) in [4.78, 5) is 36.6. The van der Waals surface area contributed by atoms with Crippen LogP contribution in [0.25, 0.3) is 0 Å². The molecule has 7 rings (SSSR count). The van der Waals surface area contributed by atoms with E-state index in [1.165, 1.54) is 13.3 Å². The Hall–Kier alpha value is -2.32. The van der Waals surface area contributed by atoms with E-state index in [0.29, 0.717) is 17.4 Å². The number of hydrogen-bond donors (Lipinski definition) is 5. The van der Waals surface area contributed by atoms with Crippen molar-refractivity contribution in [3.8, 4) is 5.75 Å². The van der Waals surface area contributed by atoms with Crippen molar-refractivity contribution in [3.63, 3.8) is 0 Å². The molecule has 12 nitrogen and oxygen atoms in total. The number of nitrogens with one attached hydrogen (secondary N) is 1. The Morgan fingerprint density at radius 1 is 1.10 bits per heavy atom. The maximum atomic E-state index is 12.8. The normalized spacial score (nSPS) is 43.4. The molecule has 6 aliphatic rings. The average Bonchev–Trinajstić information content (AvgIpc) is 2.93. The number of amides is 1. The first-order valence-electron chi connectivity index (χ1n) is 14.9. The standard InChI is InChI=1S/C30H41NO11/c1-15-13-28(27(36)37,40-26(24(15)31-16(2)33)25(35)23(34)14-32)39-22-6-4-5-19(12-22)30(38-3)29(41-42-30)20-8-17-7-18(10-20)11-21(29)9-17/h4-6,12,15,17-18,20-21,23-26,32,34-35H,7-11,13-14H2,1-3H3,(H,31,33)(H,36,37)/t15?,17?,18?,20?,21?,23-,24?,25-,26?,28?,29?,30?/m1/s1. The number of carbonyl (C=O) groups excluding carboxylic acids is 1. The van der Waals surface area contributed by atoms with E-state index in [-0.39, 0.29) is 24.0 Å². The van der Waals surface area contributed by atoms with E-state index in [2.05, 4.69) is 5.32 Å². The minimum atomic E-state index is -2.27. The molecule has 7 atom stereocenters. The van der Waals surface area contributed by atoms with E-state index in [1.807, 2.05) is 6.07 Å². The first-order chi connectivity index (χ1) is 20.0. The van der Waals surface area contributed by atoms with Gasteiger partial charge in [-0.25, -0.2) is 9.68 Å². The molecule has 2 aliphatic heterocycles. The lowest BCUT2D eigenvalue weighted by Gasteiger charge is -2.68. The van der Waals surface area contributed by atoms with E-state index in [0.717, 1.165) is 25.7 Å². The van der Waals surface area contributed by atoms with E-state index in [1.54, 1.807) is 32.2 Å². The van der Waals surface area contributed by atoms with Crippen LogP contribution in [0.5, 0.6) is 5.75 Å². The summed E-state index contributed by atoms with van der Waals surface area (Å²) in [6, 6.07) is 5.99. The van der Waals surface area contributed by atoms with Gasteiger partial charge in [-0.1, -0.05) is 19.1 Å². The number of aliphatic carboxylic acids is 1. The molecule has 1 amide bonds. The quantitative estimate of drug-likeness (QED) is 0.263. The van der Waals surface area contributed by atoms with Crippen LogP contribution in [-0.4, -0.2) is 81.8 Å². The maximum Gasteiger partial charge on any atom is 0.377 e. The fourth-order valence-electron chi connectivity index (χ4n) is 8.84. The Labute approximate surface area is 244 Å². The molecule has 4 saturated carbocycles. The largest absolute Gasteiger partial charge is 0.476 e. The third kappa shape index (κ3) is 4.37. The number of rotatable bonds is 9. The molecule has 1 aromatic carbocycles. The highest BCUT2D eigenvalue weighted by Gasteiger charge is 2.76. The molecule has 4 bridgehead atoms. The van der Waals surface area contributed by atoms with Gasteiger partial charge in [-0.3, -0.25) is 4.79 Å². The summed E-state index contributed by atoms with van der Waals surface area (Å²) >= 11 is 0. The molecule has 5 N–H and O–H groups in total. The number of methoxy groups -OCH3 is 1. The minimum absolute atomic E-state index is 0.168. The van der Waals surface area contributed by atoms with Gasteiger partial charge < -0.3 is 40.0 Å². The second kappa shape index (κ2) is 10.7. The van der Waals surface area contributed by atoms with Gasteiger partial charge in [-0.2, -0.15) is 4.89 Å². The summed E-state index contributed by atoms with van der Waals surface area (Å²) in [5.41, 5.74) is -0.0101. The van der Waals surface area contributed by atoms with Gasteiger partial charge in [0.05, 0.1) is 12.6 Å². The van der Waals surface area contributed by atoms with Crippen molar-refractivity contribution >= 4 is 11.9 Å². The summed E-state index contributed by atoms with van der Waals surface area (Å²) in [6.07, 6.45) is 0.588. The molecular weight excluding hydrogens is 550 g/mol. The smallest absolute Gasteiger partial charge is 0.377 e. The summed E-state index contributed by atoms with van der Waals surface area (Å²) in [6.45, 7) is 2.19. The maximum absolute atomic E-state index is 12.8. The highest BCUT2D eigenvalue weighted by atomic mass is 17.3. The van der Waals surface area contributed by atoms with Crippen molar-refractivity contribution in [2.75, 3.05) is 13.7 Å². The topological polar surface area (TPSA) is 173 Å². The summed E-state index contributed by atoms with van der Waals surface area (Å²) < 4.78 is 18.2. The van der Waals surface area contributed by atoms with Crippen molar-refractivity contribution in [1.29, 1.82) is 0 Å². The highest BCUT2D eigenvalue weighted by Crippen LogP contribution is 2.69. The van der Waals surface area contributed by atoms with E-state index >= 15 is 0 Å². The van der Waals surface area contributed by atoms with Gasteiger partial charge in [-0.15, -0.1) is 0 Å². The lowest BCUT2D eigenvalue weighted by Crippen LogP contribution is -2.76. The zero-order valence-electron chi connectivity index (χ0n) is 24.1. The van der Waals surface area contributed by atoms with Gasteiger partial charge in [0.1, 0.15) is 24.1 Å². The SMILES string of the molecule is COC1(c2cccc(OC3(C(=O)O)CC(C)C(NC(C)=O)C([C@H](O)[C@H](O)CO)O3)c2)OOC12C1CC3CC(C1)CC2C3. The number of aliphatic hydroxyl groups excluding tert-OH is 3.